The summed E-state index contributed by atoms with van der Waals surface area (Å²) < 4.78 is 23.7. The van der Waals surface area contributed by atoms with Gasteiger partial charge in [-0.05, 0) is 6.42 Å². The molecule has 0 unspecified atom stereocenters. The summed E-state index contributed by atoms with van der Waals surface area (Å²) in [4.78, 5) is 0. The van der Waals surface area contributed by atoms with Crippen molar-refractivity contribution in [3.8, 4) is 0 Å². The van der Waals surface area contributed by atoms with Gasteiger partial charge in [0, 0.05) is 6.54 Å². The Labute approximate surface area is 75.6 Å². The molecular weight excluding hydrogens is 174 g/mol. The van der Waals surface area contributed by atoms with E-state index in [9.17, 15) is 8.42 Å². The average Bonchev–Trinajstić information content (AvgIpc) is 1.94. The summed E-state index contributed by atoms with van der Waals surface area (Å²) in [5.41, 5.74) is 0. The highest BCUT2D eigenvalue weighted by atomic mass is 32.2. The minimum Gasteiger partial charge on any atom is -0.215 e. The van der Waals surface area contributed by atoms with Crippen molar-refractivity contribution in [2.24, 2.45) is 0 Å². The van der Waals surface area contributed by atoms with E-state index >= 15 is 0 Å². The lowest BCUT2D eigenvalue weighted by atomic mass is 10.2. The van der Waals surface area contributed by atoms with Gasteiger partial charge in [0.2, 0.25) is 10.0 Å². The van der Waals surface area contributed by atoms with E-state index in [4.69, 9.17) is 0 Å². The SMILES string of the molecule is CCCCCCCNS(C)(=O)=O. The Morgan fingerprint density at radius 1 is 1.08 bits per heavy atom. The Bertz CT molecular complexity index is 187. The number of rotatable bonds is 7. The second-order valence-electron chi connectivity index (χ2n) is 3.08. The third kappa shape index (κ3) is 9.91. The molecule has 0 amide bonds. The Morgan fingerprint density at radius 2 is 1.67 bits per heavy atom. The molecule has 0 aliphatic rings. The molecule has 0 heterocycles. The largest absolute Gasteiger partial charge is 0.215 e. The van der Waals surface area contributed by atoms with Crippen molar-refractivity contribution in [2.45, 2.75) is 39.0 Å². The molecule has 0 aromatic rings. The Hall–Kier alpha value is -0.0900. The lowest BCUT2D eigenvalue weighted by Crippen LogP contribution is -2.22. The van der Waals surface area contributed by atoms with Crippen LogP contribution in [0.2, 0.25) is 0 Å². The van der Waals surface area contributed by atoms with Crippen molar-refractivity contribution in [1.29, 1.82) is 0 Å². The van der Waals surface area contributed by atoms with Crippen LogP contribution in [-0.4, -0.2) is 21.2 Å². The lowest BCUT2D eigenvalue weighted by Gasteiger charge is -2.01. The van der Waals surface area contributed by atoms with Gasteiger partial charge in [0.25, 0.3) is 0 Å². The van der Waals surface area contributed by atoms with Gasteiger partial charge in [0.05, 0.1) is 6.26 Å². The van der Waals surface area contributed by atoms with Crippen molar-refractivity contribution in [1.82, 2.24) is 4.72 Å². The fourth-order valence-corrected chi connectivity index (χ4v) is 1.50. The van der Waals surface area contributed by atoms with Crippen LogP contribution in [0.15, 0.2) is 0 Å². The molecule has 12 heavy (non-hydrogen) atoms. The first-order valence-corrected chi connectivity index (χ1v) is 6.40. The maximum atomic E-state index is 10.6. The molecule has 0 atom stereocenters. The number of hydrogen-bond donors (Lipinski definition) is 1. The van der Waals surface area contributed by atoms with E-state index in [0.717, 1.165) is 12.8 Å². The zero-order valence-corrected chi connectivity index (χ0v) is 8.78. The van der Waals surface area contributed by atoms with Crippen molar-refractivity contribution in [3.05, 3.63) is 0 Å². The second-order valence-corrected chi connectivity index (χ2v) is 4.91. The molecule has 0 saturated carbocycles. The molecule has 3 nitrogen and oxygen atoms in total. The molecule has 0 aliphatic heterocycles. The monoisotopic (exact) mass is 193 g/mol. The quantitative estimate of drug-likeness (QED) is 0.623. The van der Waals surface area contributed by atoms with Gasteiger partial charge in [-0.25, -0.2) is 13.1 Å². The summed E-state index contributed by atoms with van der Waals surface area (Å²) >= 11 is 0. The van der Waals surface area contributed by atoms with Crippen molar-refractivity contribution >= 4 is 10.0 Å². The van der Waals surface area contributed by atoms with Gasteiger partial charge in [0.15, 0.2) is 0 Å². The van der Waals surface area contributed by atoms with Gasteiger partial charge in [-0.2, -0.15) is 0 Å². The Morgan fingerprint density at radius 3 is 2.17 bits per heavy atom. The first kappa shape index (κ1) is 11.9. The summed E-state index contributed by atoms with van der Waals surface area (Å²) in [6.07, 6.45) is 6.95. The first-order chi connectivity index (χ1) is 5.56. The molecule has 0 bridgehead atoms. The maximum absolute atomic E-state index is 10.6. The van der Waals surface area contributed by atoms with Crippen LogP contribution in [0, 0.1) is 0 Å². The predicted molar refractivity (Wildman–Crippen MR) is 51.6 cm³/mol. The average molecular weight is 193 g/mol. The van der Waals surface area contributed by atoms with Gasteiger partial charge >= 0.3 is 0 Å². The number of nitrogens with one attached hydrogen (secondary N) is 1. The molecule has 0 saturated heterocycles. The third-order valence-electron chi connectivity index (χ3n) is 1.64. The highest BCUT2D eigenvalue weighted by Crippen LogP contribution is 2.01. The molecular formula is C8H19NO2S. The maximum Gasteiger partial charge on any atom is 0.208 e. The summed E-state index contributed by atoms with van der Waals surface area (Å²) in [7, 11) is -2.97. The van der Waals surface area contributed by atoms with E-state index in [1.807, 2.05) is 0 Å². The Kier molecular flexibility index (Phi) is 6.38. The summed E-state index contributed by atoms with van der Waals surface area (Å²) in [5.74, 6) is 0. The predicted octanol–water partition coefficient (Wildman–Crippen LogP) is 1.51. The van der Waals surface area contributed by atoms with Crippen LogP contribution in [-0.2, 0) is 10.0 Å². The number of sulfonamides is 1. The Balaban J connectivity index is 3.12. The molecule has 0 fully saturated rings. The molecule has 0 spiro atoms. The fourth-order valence-electron chi connectivity index (χ4n) is 0.986. The normalized spacial score (nSPS) is 11.8. The van der Waals surface area contributed by atoms with Gasteiger partial charge < -0.3 is 0 Å². The molecule has 0 aliphatic carbocycles. The van der Waals surface area contributed by atoms with E-state index in [-0.39, 0.29) is 0 Å². The second kappa shape index (κ2) is 6.43. The number of unbranched alkanes of at least 4 members (excludes halogenated alkanes) is 4. The summed E-state index contributed by atoms with van der Waals surface area (Å²) in [5, 5.41) is 0. The highest BCUT2D eigenvalue weighted by molar-refractivity contribution is 7.88. The van der Waals surface area contributed by atoms with E-state index in [2.05, 4.69) is 11.6 Å². The first-order valence-electron chi connectivity index (χ1n) is 4.51. The minimum atomic E-state index is -2.97. The van der Waals surface area contributed by atoms with Crippen LogP contribution in [0.25, 0.3) is 0 Å². The molecule has 0 radical (unpaired) electrons. The van der Waals surface area contributed by atoms with Gasteiger partial charge in [-0.1, -0.05) is 32.6 Å². The molecule has 4 heteroatoms. The smallest absolute Gasteiger partial charge is 0.208 e. The molecule has 0 aromatic heterocycles. The van der Waals surface area contributed by atoms with Crippen molar-refractivity contribution in [2.75, 3.05) is 12.8 Å². The third-order valence-corrected chi connectivity index (χ3v) is 2.37. The van der Waals surface area contributed by atoms with E-state index in [0.29, 0.717) is 6.54 Å². The van der Waals surface area contributed by atoms with Crippen molar-refractivity contribution < 1.29 is 8.42 Å². The van der Waals surface area contributed by atoms with E-state index < -0.39 is 10.0 Å². The van der Waals surface area contributed by atoms with Crippen LogP contribution in [0.5, 0.6) is 0 Å². The van der Waals surface area contributed by atoms with Crippen LogP contribution in [0.1, 0.15) is 39.0 Å². The molecule has 0 rings (SSSR count). The van der Waals surface area contributed by atoms with E-state index in [1.165, 1.54) is 25.5 Å². The van der Waals surface area contributed by atoms with Gasteiger partial charge in [-0.15, -0.1) is 0 Å². The van der Waals surface area contributed by atoms with Gasteiger partial charge in [0.1, 0.15) is 0 Å². The highest BCUT2D eigenvalue weighted by Gasteiger charge is 1.97. The van der Waals surface area contributed by atoms with Crippen LogP contribution >= 0.6 is 0 Å². The topological polar surface area (TPSA) is 46.2 Å². The fraction of sp³-hybridized carbons (Fsp3) is 1.00. The number of hydrogen-bond acceptors (Lipinski definition) is 2. The minimum absolute atomic E-state index is 0.586. The molecule has 0 aromatic carbocycles. The van der Waals surface area contributed by atoms with E-state index in [1.54, 1.807) is 0 Å². The van der Waals surface area contributed by atoms with Crippen LogP contribution in [0.4, 0.5) is 0 Å². The van der Waals surface area contributed by atoms with Crippen LogP contribution < -0.4 is 4.72 Å². The summed E-state index contributed by atoms with van der Waals surface area (Å²) in [6, 6.07) is 0. The lowest BCUT2D eigenvalue weighted by molar-refractivity contribution is 0.576. The zero-order chi connectivity index (χ0) is 9.45. The molecule has 1 N–H and O–H groups in total. The van der Waals surface area contributed by atoms with Crippen LogP contribution in [0.3, 0.4) is 0 Å². The molecule has 74 valence electrons. The van der Waals surface area contributed by atoms with Crippen molar-refractivity contribution in [3.63, 3.8) is 0 Å². The standard InChI is InChI=1S/C8H19NO2S/c1-3-4-5-6-7-8-9-12(2,10)11/h9H,3-8H2,1-2H3. The van der Waals surface area contributed by atoms with Gasteiger partial charge in [-0.3, -0.25) is 0 Å². The summed E-state index contributed by atoms with van der Waals surface area (Å²) in [6.45, 7) is 2.75. The zero-order valence-electron chi connectivity index (χ0n) is 7.97.